The molecule has 0 spiro atoms. The smallest absolute Gasteiger partial charge is 0.113 e. The summed E-state index contributed by atoms with van der Waals surface area (Å²) >= 11 is 0. The Morgan fingerprint density at radius 1 is 0.475 bits per heavy atom. The molecule has 1 N–H and O–H groups in total. The molecule has 5 rings (SSSR count). The molecule has 0 aliphatic heterocycles. The van der Waals surface area contributed by atoms with Crippen LogP contribution in [0.4, 0.5) is 0 Å². The highest BCUT2D eigenvalue weighted by Crippen LogP contribution is 2.34. The number of benzene rings is 4. The summed E-state index contributed by atoms with van der Waals surface area (Å²) in [4.78, 5) is 0. The van der Waals surface area contributed by atoms with Crippen LogP contribution in [-0.2, 0) is 45.4 Å². The van der Waals surface area contributed by atoms with Gasteiger partial charge < -0.3 is 24.1 Å². The van der Waals surface area contributed by atoms with Crippen molar-refractivity contribution in [2.24, 2.45) is 5.92 Å². The summed E-state index contributed by atoms with van der Waals surface area (Å²) in [5.74, 6) is -0.0697. The number of aliphatic hydroxyl groups is 1. The topological polar surface area (TPSA) is 57.2 Å². The second kappa shape index (κ2) is 14.9. The monoisotopic (exact) mass is 538 g/mol. The van der Waals surface area contributed by atoms with E-state index >= 15 is 0 Å². The summed E-state index contributed by atoms with van der Waals surface area (Å²) in [5, 5.41) is 11.4. The minimum atomic E-state index is -0.716. The highest BCUT2D eigenvalue weighted by molar-refractivity contribution is 5.16. The third kappa shape index (κ3) is 8.10. The lowest BCUT2D eigenvalue weighted by Gasteiger charge is -2.44. The fourth-order valence-electron chi connectivity index (χ4n) is 5.24. The molecule has 4 aromatic rings. The van der Waals surface area contributed by atoms with E-state index < -0.39 is 18.3 Å². The van der Waals surface area contributed by atoms with Crippen molar-refractivity contribution in [1.29, 1.82) is 0 Å². The van der Waals surface area contributed by atoms with Crippen molar-refractivity contribution in [3.8, 4) is 0 Å². The van der Waals surface area contributed by atoms with Gasteiger partial charge in [0.2, 0.25) is 0 Å². The molecule has 5 heteroatoms. The maximum atomic E-state index is 11.4. The zero-order chi connectivity index (χ0) is 27.4. The van der Waals surface area contributed by atoms with E-state index in [9.17, 15) is 5.11 Å². The fraction of sp³-hybridized carbons (Fsp3) is 0.314. The Morgan fingerprint density at radius 2 is 0.850 bits per heavy atom. The maximum Gasteiger partial charge on any atom is 0.113 e. The van der Waals surface area contributed by atoms with Crippen molar-refractivity contribution in [3.63, 3.8) is 0 Å². The van der Waals surface area contributed by atoms with Gasteiger partial charge >= 0.3 is 0 Å². The predicted octanol–water partition coefficient (Wildman–Crippen LogP) is 6.34. The van der Waals surface area contributed by atoms with Crippen molar-refractivity contribution < 1.29 is 24.1 Å². The number of hydrogen-bond acceptors (Lipinski definition) is 5. The van der Waals surface area contributed by atoms with E-state index in [0.717, 1.165) is 22.3 Å². The molecule has 4 aromatic carbocycles. The van der Waals surface area contributed by atoms with Crippen molar-refractivity contribution >= 4 is 0 Å². The molecule has 0 heterocycles. The summed E-state index contributed by atoms with van der Waals surface area (Å²) in [6, 6.07) is 40.4. The van der Waals surface area contributed by atoms with Gasteiger partial charge in [-0.05, 0) is 28.7 Å². The first-order valence-electron chi connectivity index (χ1n) is 14.0. The van der Waals surface area contributed by atoms with Crippen LogP contribution in [0.15, 0.2) is 121 Å². The average molecular weight is 539 g/mol. The van der Waals surface area contributed by atoms with Gasteiger partial charge in [0, 0.05) is 5.92 Å². The van der Waals surface area contributed by atoms with Crippen molar-refractivity contribution in [2.45, 2.75) is 57.3 Å². The summed E-state index contributed by atoms with van der Waals surface area (Å²) < 4.78 is 25.8. The second-order valence-electron chi connectivity index (χ2n) is 10.3. The van der Waals surface area contributed by atoms with Gasteiger partial charge in [0.1, 0.15) is 12.2 Å². The lowest BCUT2D eigenvalue weighted by Crippen LogP contribution is -2.57. The quantitative estimate of drug-likeness (QED) is 0.215. The van der Waals surface area contributed by atoms with Crippen molar-refractivity contribution in [1.82, 2.24) is 0 Å². The first-order chi connectivity index (χ1) is 19.8. The molecule has 0 radical (unpaired) electrons. The number of rotatable bonds is 13. The third-order valence-electron chi connectivity index (χ3n) is 7.33. The van der Waals surface area contributed by atoms with Crippen LogP contribution in [0.5, 0.6) is 0 Å². The molecule has 1 fully saturated rings. The first kappa shape index (κ1) is 28.2. The Kier molecular flexibility index (Phi) is 10.5. The molecule has 1 saturated carbocycles. The predicted molar refractivity (Wildman–Crippen MR) is 155 cm³/mol. The molecule has 208 valence electrons. The highest BCUT2D eigenvalue weighted by Gasteiger charge is 2.46. The lowest BCUT2D eigenvalue weighted by atomic mass is 9.80. The van der Waals surface area contributed by atoms with Crippen LogP contribution in [-0.4, -0.2) is 36.1 Å². The minimum Gasteiger partial charge on any atom is -0.390 e. The van der Waals surface area contributed by atoms with Crippen molar-refractivity contribution in [3.05, 3.63) is 144 Å². The van der Waals surface area contributed by atoms with Gasteiger partial charge in [0.05, 0.1) is 45.2 Å². The third-order valence-corrected chi connectivity index (χ3v) is 7.33. The Morgan fingerprint density at radius 3 is 1.30 bits per heavy atom. The van der Waals surface area contributed by atoms with Crippen LogP contribution in [0, 0.1) is 5.92 Å². The molecule has 0 unspecified atom stereocenters. The zero-order valence-corrected chi connectivity index (χ0v) is 22.8. The molecular formula is C35H38O5. The standard InChI is InChI=1S/C35H38O5/c36-32-21-31(26-37-22-27-13-5-1-6-14-27)33(38-23-28-15-7-2-8-16-28)35(40-25-30-19-11-4-12-20-30)34(32)39-24-29-17-9-3-10-18-29/h1-20,31-36H,21-26H2/t31-,32-,33-,34+,35+/m1/s1. The van der Waals surface area contributed by atoms with Crippen LogP contribution < -0.4 is 0 Å². The summed E-state index contributed by atoms with van der Waals surface area (Å²) in [6.07, 6.45) is -1.58. The lowest BCUT2D eigenvalue weighted by molar-refractivity contribution is -0.224. The summed E-state index contributed by atoms with van der Waals surface area (Å²) in [6.45, 7) is 2.16. The van der Waals surface area contributed by atoms with Crippen molar-refractivity contribution in [2.75, 3.05) is 6.61 Å². The SMILES string of the molecule is O[C@@H]1C[C@H](COCc2ccccc2)[C@@H](OCc2ccccc2)[C@H](OCc2ccccc2)[C@H]1OCc1ccccc1. The molecule has 0 aromatic heterocycles. The van der Waals surface area contributed by atoms with E-state index in [2.05, 4.69) is 24.3 Å². The second-order valence-corrected chi connectivity index (χ2v) is 10.3. The zero-order valence-electron chi connectivity index (χ0n) is 22.8. The Hall–Kier alpha value is -3.32. The molecule has 5 nitrogen and oxygen atoms in total. The van der Waals surface area contributed by atoms with Crippen LogP contribution >= 0.6 is 0 Å². The summed E-state index contributed by atoms with van der Waals surface area (Å²) in [7, 11) is 0. The van der Waals surface area contributed by atoms with E-state index in [0.29, 0.717) is 39.5 Å². The van der Waals surface area contributed by atoms with Crippen LogP contribution in [0.2, 0.25) is 0 Å². The summed E-state index contributed by atoms with van der Waals surface area (Å²) in [5.41, 5.74) is 4.30. The van der Waals surface area contributed by atoms with E-state index in [-0.39, 0.29) is 12.0 Å². The molecule has 0 amide bonds. The molecule has 1 aliphatic rings. The number of hydrogen-bond donors (Lipinski definition) is 1. The van der Waals surface area contributed by atoms with Gasteiger partial charge in [-0.25, -0.2) is 0 Å². The Balaban J connectivity index is 1.36. The molecular weight excluding hydrogens is 500 g/mol. The van der Waals surface area contributed by atoms with Gasteiger partial charge in [-0.1, -0.05) is 121 Å². The van der Waals surface area contributed by atoms with Gasteiger partial charge in [-0.2, -0.15) is 0 Å². The molecule has 5 atom stereocenters. The molecule has 0 saturated heterocycles. The number of aliphatic hydroxyl groups excluding tert-OH is 1. The van der Waals surface area contributed by atoms with Gasteiger partial charge in [0.25, 0.3) is 0 Å². The highest BCUT2D eigenvalue weighted by atomic mass is 16.6. The van der Waals surface area contributed by atoms with Gasteiger partial charge in [-0.15, -0.1) is 0 Å². The van der Waals surface area contributed by atoms with E-state index in [1.807, 2.05) is 97.1 Å². The van der Waals surface area contributed by atoms with Crippen LogP contribution in [0.3, 0.4) is 0 Å². The Bertz CT molecular complexity index is 1240. The van der Waals surface area contributed by atoms with Gasteiger partial charge in [-0.3, -0.25) is 0 Å². The number of ether oxygens (including phenoxy) is 4. The first-order valence-corrected chi connectivity index (χ1v) is 14.0. The molecule has 1 aliphatic carbocycles. The van der Waals surface area contributed by atoms with Gasteiger partial charge in [0.15, 0.2) is 0 Å². The van der Waals surface area contributed by atoms with E-state index in [1.165, 1.54) is 0 Å². The van der Waals surface area contributed by atoms with E-state index in [1.54, 1.807) is 0 Å². The molecule has 40 heavy (non-hydrogen) atoms. The average Bonchev–Trinajstić information content (AvgIpc) is 3.01. The fourth-order valence-corrected chi connectivity index (χ4v) is 5.24. The Labute approximate surface area is 237 Å². The maximum absolute atomic E-state index is 11.4. The largest absolute Gasteiger partial charge is 0.390 e. The van der Waals surface area contributed by atoms with Crippen LogP contribution in [0.25, 0.3) is 0 Å². The van der Waals surface area contributed by atoms with Crippen LogP contribution in [0.1, 0.15) is 28.7 Å². The normalized spacial score (nSPS) is 22.7. The minimum absolute atomic E-state index is 0.0697. The molecule has 0 bridgehead atoms. The van der Waals surface area contributed by atoms with E-state index in [4.69, 9.17) is 18.9 Å².